The third-order valence-corrected chi connectivity index (χ3v) is 3.45. The van der Waals surface area contributed by atoms with Gasteiger partial charge in [-0.25, -0.2) is 0 Å². The lowest BCUT2D eigenvalue weighted by Crippen LogP contribution is -2.43. The first-order valence-corrected chi connectivity index (χ1v) is 6.22. The number of rotatable bonds is 3. The van der Waals surface area contributed by atoms with Crippen LogP contribution in [0.1, 0.15) is 24.0 Å². The molecule has 1 aromatic rings. The zero-order valence-corrected chi connectivity index (χ0v) is 12.8. The van der Waals surface area contributed by atoms with Crippen molar-refractivity contribution in [3.8, 4) is 0 Å². The molecular formula is C14H24Cl2N2. The van der Waals surface area contributed by atoms with Gasteiger partial charge in [-0.1, -0.05) is 29.8 Å². The zero-order chi connectivity index (χ0) is 11.4. The maximum atomic E-state index is 3.47. The highest BCUT2D eigenvalue weighted by Crippen LogP contribution is 2.12. The van der Waals surface area contributed by atoms with Gasteiger partial charge in [-0.2, -0.15) is 0 Å². The fraction of sp³-hybridized carbons (Fsp3) is 0.571. The smallest absolute Gasteiger partial charge is 0.0234 e. The van der Waals surface area contributed by atoms with E-state index in [1.165, 1.54) is 30.5 Å². The SMILES string of the molecule is Cc1ccc(CN(C)C2CCCNC2)cc1.Cl.Cl. The van der Waals surface area contributed by atoms with Crippen LogP contribution < -0.4 is 5.32 Å². The number of hydrogen-bond donors (Lipinski definition) is 1. The third kappa shape index (κ3) is 5.15. The maximum Gasteiger partial charge on any atom is 0.0234 e. The molecule has 4 heteroatoms. The summed E-state index contributed by atoms with van der Waals surface area (Å²) in [5.41, 5.74) is 2.75. The van der Waals surface area contributed by atoms with Gasteiger partial charge in [0.25, 0.3) is 0 Å². The molecule has 1 fully saturated rings. The second kappa shape index (κ2) is 8.76. The standard InChI is InChI=1S/C14H22N2.2ClH/c1-12-5-7-13(8-6-12)11-16(2)14-4-3-9-15-10-14;;/h5-8,14-15H,3-4,9-11H2,1-2H3;2*1H. The number of aryl methyl sites for hydroxylation is 1. The van der Waals surface area contributed by atoms with Gasteiger partial charge in [0.05, 0.1) is 0 Å². The highest BCUT2D eigenvalue weighted by atomic mass is 35.5. The zero-order valence-electron chi connectivity index (χ0n) is 11.2. The molecule has 0 bridgehead atoms. The molecular weight excluding hydrogens is 267 g/mol. The fourth-order valence-corrected chi connectivity index (χ4v) is 2.32. The molecule has 0 radical (unpaired) electrons. The molecule has 0 aromatic heterocycles. The number of nitrogens with zero attached hydrogens (tertiary/aromatic N) is 1. The second-order valence-electron chi connectivity index (χ2n) is 4.90. The third-order valence-electron chi connectivity index (χ3n) is 3.45. The molecule has 1 aliphatic heterocycles. The molecule has 1 aliphatic rings. The van der Waals surface area contributed by atoms with E-state index in [0.717, 1.165) is 13.1 Å². The number of nitrogens with one attached hydrogen (secondary N) is 1. The summed E-state index contributed by atoms with van der Waals surface area (Å²) in [4.78, 5) is 2.47. The quantitative estimate of drug-likeness (QED) is 0.921. The Hall–Kier alpha value is -0.280. The van der Waals surface area contributed by atoms with Crippen LogP contribution in [0, 0.1) is 6.92 Å². The first kappa shape index (κ1) is 17.7. The van der Waals surface area contributed by atoms with Crippen molar-refractivity contribution in [2.45, 2.75) is 32.4 Å². The molecule has 1 unspecified atom stereocenters. The van der Waals surface area contributed by atoms with Crippen molar-refractivity contribution >= 4 is 24.8 Å². The van der Waals surface area contributed by atoms with Crippen molar-refractivity contribution < 1.29 is 0 Å². The molecule has 2 rings (SSSR count). The van der Waals surface area contributed by atoms with Crippen LogP contribution >= 0.6 is 24.8 Å². The van der Waals surface area contributed by atoms with Crippen molar-refractivity contribution in [1.29, 1.82) is 0 Å². The van der Waals surface area contributed by atoms with Gasteiger partial charge < -0.3 is 5.32 Å². The van der Waals surface area contributed by atoms with Crippen molar-refractivity contribution in [2.24, 2.45) is 0 Å². The van der Waals surface area contributed by atoms with Crippen molar-refractivity contribution in [1.82, 2.24) is 10.2 Å². The molecule has 1 saturated heterocycles. The van der Waals surface area contributed by atoms with E-state index in [1.54, 1.807) is 0 Å². The van der Waals surface area contributed by atoms with E-state index in [4.69, 9.17) is 0 Å². The normalized spacial score (nSPS) is 18.9. The Labute approximate surface area is 123 Å². The number of benzene rings is 1. The van der Waals surface area contributed by atoms with Crippen LogP contribution in [-0.4, -0.2) is 31.1 Å². The first-order valence-electron chi connectivity index (χ1n) is 6.22. The molecule has 1 atom stereocenters. The molecule has 2 nitrogen and oxygen atoms in total. The Morgan fingerprint density at radius 2 is 1.89 bits per heavy atom. The Balaban J connectivity index is 0.00000144. The van der Waals surface area contributed by atoms with Crippen LogP contribution in [0.2, 0.25) is 0 Å². The van der Waals surface area contributed by atoms with Crippen molar-refractivity contribution in [3.63, 3.8) is 0 Å². The Kier molecular flexibility index (Phi) is 8.62. The minimum absolute atomic E-state index is 0. The largest absolute Gasteiger partial charge is 0.315 e. The molecule has 0 amide bonds. The van der Waals surface area contributed by atoms with Crippen molar-refractivity contribution in [3.05, 3.63) is 35.4 Å². The van der Waals surface area contributed by atoms with E-state index in [1.807, 2.05) is 0 Å². The van der Waals surface area contributed by atoms with E-state index in [-0.39, 0.29) is 24.8 Å². The summed E-state index contributed by atoms with van der Waals surface area (Å²) < 4.78 is 0. The molecule has 1 N–H and O–H groups in total. The number of halogens is 2. The highest BCUT2D eigenvalue weighted by molar-refractivity contribution is 5.85. The summed E-state index contributed by atoms with van der Waals surface area (Å²) in [5, 5.41) is 3.47. The monoisotopic (exact) mass is 290 g/mol. The van der Waals surface area contributed by atoms with E-state index in [2.05, 4.69) is 48.5 Å². The highest BCUT2D eigenvalue weighted by Gasteiger charge is 2.17. The van der Waals surface area contributed by atoms with E-state index < -0.39 is 0 Å². The minimum Gasteiger partial charge on any atom is -0.315 e. The lowest BCUT2D eigenvalue weighted by Gasteiger charge is -2.31. The number of hydrogen-bond acceptors (Lipinski definition) is 2. The molecule has 0 spiro atoms. The minimum atomic E-state index is 0. The Bertz CT molecular complexity index is 321. The second-order valence-corrected chi connectivity index (χ2v) is 4.90. The van der Waals surface area contributed by atoms with Crippen LogP contribution in [0.25, 0.3) is 0 Å². The number of likely N-dealkylation sites (N-methyl/N-ethyl adjacent to an activating group) is 1. The van der Waals surface area contributed by atoms with Gasteiger partial charge in [0, 0.05) is 19.1 Å². The van der Waals surface area contributed by atoms with Gasteiger partial charge in [-0.3, -0.25) is 4.90 Å². The van der Waals surface area contributed by atoms with Gasteiger partial charge in [0.1, 0.15) is 0 Å². The maximum absolute atomic E-state index is 3.47. The molecule has 0 aliphatic carbocycles. The van der Waals surface area contributed by atoms with Crippen LogP contribution in [0.5, 0.6) is 0 Å². The Morgan fingerprint density at radius 3 is 2.44 bits per heavy atom. The first-order chi connectivity index (χ1) is 7.75. The molecule has 0 saturated carbocycles. The average molecular weight is 291 g/mol. The summed E-state index contributed by atoms with van der Waals surface area (Å²) in [7, 11) is 2.23. The molecule has 1 aromatic carbocycles. The Morgan fingerprint density at radius 1 is 1.22 bits per heavy atom. The van der Waals surface area contributed by atoms with Gasteiger partial charge in [0.2, 0.25) is 0 Å². The average Bonchev–Trinajstić information content (AvgIpc) is 2.33. The number of piperidine rings is 1. The van der Waals surface area contributed by atoms with Gasteiger partial charge in [0.15, 0.2) is 0 Å². The summed E-state index contributed by atoms with van der Waals surface area (Å²) in [5.74, 6) is 0. The summed E-state index contributed by atoms with van der Waals surface area (Å²) in [6.45, 7) is 5.53. The van der Waals surface area contributed by atoms with E-state index in [9.17, 15) is 0 Å². The van der Waals surface area contributed by atoms with Gasteiger partial charge in [-0.05, 0) is 38.9 Å². The lowest BCUT2D eigenvalue weighted by molar-refractivity contribution is 0.196. The molecule has 1 heterocycles. The van der Waals surface area contributed by atoms with E-state index >= 15 is 0 Å². The summed E-state index contributed by atoms with van der Waals surface area (Å²) >= 11 is 0. The summed E-state index contributed by atoms with van der Waals surface area (Å²) in [6.07, 6.45) is 2.64. The molecule has 104 valence electrons. The predicted molar refractivity (Wildman–Crippen MR) is 83.0 cm³/mol. The van der Waals surface area contributed by atoms with Gasteiger partial charge in [-0.15, -0.1) is 24.8 Å². The predicted octanol–water partition coefficient (Wildman–Crippen LogP) is 3.02. The fourth-order valence-electron chi connectivity index (χ4n) is 2.32. The van der Waals surface area contributed by atoms with Gasteiger partial charge >= 0.3 is 0 Å². The van der Waals surface area contributed by atoms with Crippen molar-refractivity contribution in [2.75, 3.05) is 20.1 Å². The molecule has 18 heavy (non-hydrogen) atoms. The van der Waals surface area contributed by atoms with E-state index in [0.29, 0.717) is 6.04 Å². The van der Waals surface area contributed by atoms with Crippen LogP contribution in [0.4, 0.5) is 0 Å². The topological polar surface area (TPSA) is 15.3 Å². The van der Waals surface area contributed by atoms with Crippen LogP contribution in [0.3, 0.4) is 0 Å². The lowest BCUT2D eigenvalue weighted by atomic mass is 10.1. The van der Waals surface area contributed by atoms with Crippen LogP contribution in [-0.2, 0) is 6.54 Å². The van der Waals surface area contributed by atoms with Crippen LogP contribution in [0.15, 0.2) is 24.3 Å². The summed E-state index contributed by atoms with van der Waals surface area (Å²) in [6, 6.07) is 9.57.